The van der Waals surface area contributed by atoms with Crippen LogP contribution in [-0.4, -0.2) is 79.0 Å². The van der Waals surface area contributed by atoms with Gasteiger partial charge in [-0.3, -0.25) is 0 Å². The van der Waals surface area contributed by atoms with E-state index in [0.717, 1.165) is 37.6 Å². The van der Waals surface area contributed by atoms with Gasteiger partial charge >= 0.3 is 0 Å². The van der Waals surface area contributed by atoms with Crippen LogP contribution in [0.4, 0.5) is 5.69 Å². The molecular formula is C24H23ClN4O5. The van der Waals surface area contributed by atoms with Gasteiger partial charge in [0.15, 0.2) is 12.0 Å². The van der Waals surface area contributed by atoms with Crippen molar-refractivity contribution in [1.82, 2.24) is 9.97 Å². The lowest BCUT2D eigenvalue weighted by Gasteiger charge is -2.28. The van der Waals surface area contributed by atoms with Gasteiger partial charge < -0.3 is 33.9 Å². The van der Waals surface area contributed by atoms with Crippen LogP contribution in [0.25, 0.3) is 22.3 Å². The first kappa shape index (κ1) is 21.6. The number of H-pyrrole nitrogens is 1. The van der Waals surface area contributed by atoms with Crippen molar-refractivity contribution in [2.75, 3.05) is 44.4 Å². The van der Waals surface area contributed by atoms with Crippen LogP contribution in [0.2, 0.25) is 5.02 Å². The van der Waals surface area contributed by atoms with E-state index in [4.69, 9.17) is 35.5 Å². The van der Waals surface area contributed by atoms with Crippen molar-refractivity contribution in [3.05, 3.63) is 40.9 Å². The van der Waals surface area contributed by atoms with Crippen LogP contribution in [0.5, 0.6) is 5.88 Å². The van der Waals surface area contributed by atoms with Crippen molar-refractivity contribution < 1.29 is 24.1 Å². The lowest BCUT2D eigenvalue weighted by Crippen LogP contribution is -2.36. The first-order chi connectivity index (χ1) is 16.6. The Kier molecular flexibility index (Phi) is 5.56. The second kappa shape index (κ2) is 8.73. The predicted octanol–water partition coefficient (Wildman–Crippen LogP) is 2.50. The second-order valence-corrected chi connectivity index (χ2v) is 9.00. The fourth-order valence-corrected chi connectivity index (χ4v) is 5.10. The molecule has 2 aromatic heterocycles. The minimum atomic E-state index is -0.649. The van der Waals surface area contributed by atoms with Gasteiger partial charge in [0.2, 0.25) is 0 Å². The zero-order valence-corrected chi connectivity index (χ0v) is 19.0. The number of rotatable bonds is 4. The highest BCUT2D eigenvalue weighted by molar-refractivity contribution is 6.35. The summed E-state index contributed by atoms with van der Waals surface area (Å²) in [5.41, 5.74) is 3.87. The molecule has 0 saturated carbocycles. The number of benzene rings is 1. The molecule has 3 fully saturated rings. The molecule has 0 spiro atoms. The van der Waals surface area contributed by atoms with Crippen LogP contribution in [0.1, 0.15) is 5.56 Å². The van der Waals surface area contributed by atoms with E-state index in [2.05, 4.69) is 16.0 Å². The van der Waals surface area contributed by atoms with Gasteiger partial charge in [-0.15, -0.1) is 0 Å². The van der Waals surface area contributed by atoms with Crippen LogP contribution in [0, 0.1) is 11.3 Å². The highest BCUT2D eigenvalue weighted by atomic mass is 35.5. The average molecular weight is 483 g/mol. The number of anilines is 1. The molecule has 3 aromatic rings. The minimum Gasteiger partial charge on any atom is -0.470 e. The fourth-order valence-electron chi connectivity index (χ4n) is 4.82. The molecule has 6 rings (SSSR count). The van der Waals surface area contributed by atoms with Gasteiger partial charge in [-0.1, -0.05) is 23.7 Å². The lowest BCUT2D eigenvalue weighted by molar-refractivity contribution is 0.00794. The van der Waals surface area contributed by atoms with Crippen molar-refractivity contribution in [3.8, 4) is 23.2 Å². The number of morpholine rings is 1. The average Bonchev–Trinajstić information content (AvgIpc) is 3.56. The first-order valence-corrected chi connectivity index (χ1v) is 11.6. The van der Waals surface area contributed by atoms with Crippen molar-refractivity contribution in [2.45, 2.75) is 24.4 Å². The largest absolute Gasteiger partial charge is 0.470 e. The van der Waals surface area contributed by atoms with E-state index in [9.17, 15) is 10.4 Å². The monoisotopic (exact) mass is 482 g/mol. The van der Waals surface area contributed by atoms with E-state index < -0.39 is 6.10 Å². The predicted molar refractivity (Wildman–Crippen MR) is 124 cm³/mol. The number of aromatic nitrogens is 2. The molecule has 1 aromatic carbocycles. The number of ether oxygens (including phenoxy) is 4. The fraction of sp³-hybridized carbons (Fsp3) is 0.417. The van der Waals surface area contributed by atoms with E-state index >= 15 is 0 Å². The van der Waals surface area contributed by atoms with Crippen LogP contribution >= 0.6 is 11.6 Å². The zero-order valence-electron chi connectivity index (χ0n) is 18.2. The number of fused-ring (bicyclic) bond motifs is 2. The van der Waals surface area contributed by atoms with Crippen LogP contribution < -0.4 is 9.64 Å². The number of halogens is 1. The van der Waals surface area contributed by atoms with Gasteiger partial charge in [-0.05, 0) is 12.1 Å². The molecule has 0 bridgehead atoms. The summed E-state index contributed by atoms with van der Waals surface area (Å²) in [4.78, 5) is 10.1. The molecule has 3 aliphatic rings. The SMILES string of the molecule is N#Cc1c(Cl)c(-c2ccc(N3CCOCC3)cc2)nc2cc(O[C@@H]3COC4[C@H](O)CO[C@@H]43)[nH]c12. The molecule has 10 heteroatoms. The molecule has 0 radical (unpaired) electrons. The minimum absolute atomic E-state index is 0.228. The summed E-state index contributed by atoms with van der Waals surface area (Å²) in [6, 6.07) is 11.9. The summed E-state index contributed by atoms with van der Waals surface area (Å²) >= 11 is 6.64. The Hall–Kier alpha value is -2.87. The maximum atomic E-state index is 9.94. The molecule has 0 amide bonds. The maximum Gasteiger partial charge on any atom is 0.193 e. The number of nitrogens with one attached hydrogen (secondary N) is 1. The first-order valence-electron chi connectivity index (χ1n) is 11.3. The Balaban J connectivity index is 1.30. The van der Waals surface area contributed by atoms with Crippen molar-refractivity contribution in [2.24, 2.45) is 0 Å². The molecule has 0 aliphatic carbocycles. The Morgan fingerprint density at radius 3 is 2.68 bits per heavy atom. The van der Waals surface area contributed by atoms with Crippen molar-refractivity contribution >= 4 is 28.3 Å². The molecule has 5 heterocycles. The lowest BCUT2D eigenvalue weighted by atomic mass is 10.1. The Morgan fingerprint density at radius 2 is 1.91 bits per heavy atom. The van der Waals surface area contributed by atoms with E-state index in [0.29, 0.717) is 34.8 Å². The maximum absolute atomic E-state index is 9.94. The number of hydrogen-bond acceptors (Lipinski definition) is 8. The molecule has 3 aliphatic heterocycles. The number of hydrogen-bond donors (Lipinski definition) is 2. The third-order valence-electron chi connectivity index (χ3n) is 6.57. The van der Waals surface area contributed by atoms with Crippen LogP contribution in [0.15, 0.2) is 30.3 Å². The zero-order chi connectivity index (χ0) is 23.2. The quantitative estimate of drug-likeness (QED) is 0.583. The Bertz CT molecular complexity index is 1250. The molecule has 2 N–H and O–H groups in total. The molecule has 9 nitrogen and oxygen atoms in total. The molecular weight excluding hydrogens is 460 g/mol. The van der Waals surface area contributed by atoms with Crippen molar-refractivity contribution in [3.63, 3.8) is 0 Å². The van der Waals surface area contributed by atoms with Gasteiger partial charge in [0.1, 0.15) is 24.4 Å². The third kappa shape index (κ3) is 3.68. The second-order valence-electron chi connectivity index (χ2n) is 8.62. The summed E-state index contributed by atoms with van der Waals surface area (Å²) in [6.07, 6.45) is -1.75. The third-order valence-corrected chi connectivity index (χ3v) is 6.94. The Morgan fingerprint density at radius 1 is 1.15 bits per heavy atom. The Labute approximate surface area is 200 Å². The van der Waals surface area contributed by atoms with Crippen LogP contribution in [-0.2, 0) is 14.2 Å². The van der Waals surface area contributed by atoms with E-state index in [1.54, 1.807) is 6.07 Å². The number of pyridine rings is 1. The highest BCUT2D eigenvalue weighted by Crippen LogP contribution is 2.36. The van der Waals surface area contributed by atoms with Gasteiger partial charge in [-0.25, -0.2) is 4.98 Å². The number of aliphatic hydroxyl groups is 1. The van der Waals surface area contributed by atoms with Gasteiger partial charge in [0.05, 0.1) is 53.7 Å². The summed E-state index contributed by atoms with van der Waals surface area (Å²) in [7, 11) is 0. The van der Waals surface area contributed by atoms with E-state index in [1.807, 2.05) is 24.3 Å². The number of nitrogens with zero attached hydrogens (tertiary/aromatic N) is 3. The van der Waals surface area contributed by atoms with E-state index in [1.165, 1.54) is 0 Å². The number of aliphatic hydroxyl groups excluding tert-OH is 1. The number of aromatic amines is 1. The molecule has 176 valence electrons. The van der Waals surface area contributed by atoms with Gasteiger partial charge in [0, 0.05) is 30.4 Å². The topological polar surface area (TPSA) is 113 Å². The van der Waals surface area contributed by atoms with Crippen molar-refractivity contribution in [1.29, 1.82) is 5.26 Å². The highest BCUT2D eigenvalue weighted by Gasteiger charge is 2.48. The summed E-state index contributed by atoms with van der Waals surface area (Å²) in [5.74, 6) is 0.439. The van der Waals surface area contributed by atoms with Gasteiger partial charge in [-0.2, -0.15) is 5.26 Å². The summed E-state index contributed by atoms with van der Waals surface area (Å²) < 4.78 is 22.8. The van der Waals surface area contributed by atoms with Crippen LogP contribution in [0.3, 0.4) is 0 Å². The molecule has 1 unspecified atom stereocenters. The normalized spacial score (nSPS) is 26.6. The summed E-state index contributed by atoms with van der Waals surface area (Å²) in [6.45, 7) is 3.68. The standard InChI is InChI=1S/C24H23ClN4O5/c25-20-15(10-26)22-16(9-19(28-22)34-18-12-33-23-17(30)11-32-24(18)23)27-21(20)13-1-3-14(4-2-13)29-5-7-31-8-6-29/h1-4,9,17-18,23-24,28,30H,5-8,11-12H2/t17-,18-,23?,24-/m1/s1. The molecule has 4 atom stereocenters. The van der Waals surface area contributed by atoms with E-state index in [-0.39, 0.29) is 29.9 Å². The number of nitriles is 1. The summed E-state index contributed by atoms with van der Waals surface area (Å²) in [5, 5.41) is 20.1. The molecule has 34 heavy (non-hydrogen) atoms. The molecule has 3 saturated heterocycles. The van der Waals surface area contributed by atoms with Gasteiger partial charge in [0.25, 0.3) is 0 Å². The smallest absolute Gasteiger partial charge is 0.193 e.